The van der Waals surface area contributed by atoms with Crippen molar-refractivity contribution in [2.75, 3.05) is 23.8 Å². The van der Waals surface area contributed by atoms with Gasteiger partial charge in [0, 0.05) is 40.8 Å². The number of aromatic nitrogens is 1. The van der Waals surface area contributed by atoms with Gasteiger partial charge < -0.3 is 15.4 Å². The van der Waals surface area contributed by atoms with Crippen LogP contribution in [0.15, 0.2) is 78.9 Å². The number of rotatable bonds is 9. The van der Waals surface area contributed by atoms with Crippen LogP contribution >= 0.6 is 0 Å². The molecule has 1 aromatic heterocycles. The highest BCUT2D eigenvalue weighted by Crippen LogP contribution is 2.28. The van der Waals surface area contributed by atoms with Gasteiger partial charge in [-0.1, -0.05) is 43.3 Å². The number of hydrogen-bond acceptors (Lipinski definition) is 4. The summed E-state index contributed by atoms with van der Waals surface area (Å²) in [6.07, 6.45) is 1.99. The van der Waals surface area contributed by atoms with Crippen LogP contribution in [0.4, 0.5) is 17.1 Å². The Kier molecular flexibility index (Phi) is 6.68. The second-order valence-electron chi connectivity index (χ2n) is 7.66. The molecule has 0 radical (unpaired) electrons. The minimum absolute atomic E-state index is 0.668. The molecule has 0 saturated carbocycles. The third-order valence-corrected chi connectivity index (χ3v) is 5.21. The summed E-state index contributed by atoms with van der Waals surface area (Å²) in [6, 6.07) is 27.0. The Balaban J connectivity index is 1.33. The third kappa shape index (κ3) is 5.54. The minimum atomic E-state index is 0.668. The van der Waals surface area contributed by atoms with Crippen molar-refractivity contribution in [3.63, 3.8) is 0 Å². The predicted molar refractivity (Wildman–Crippen MR) is 131 cm³/mol. The number of fused-ring (bicyclic) bond motifs is 1. The maximum absolute atomic E-state index is 5.99. The first kappa shape index (κ1) is 20.7. The molecule has 4 nitrogen and oxygen atoms in total. The van der Waals surface area contributed by atoms with Crippen LogP contribution < -0.4 is 15.4 Å². The van der Waals surface area contributed by atoms with Crippen LogP contribution in [0, 0.1) is 6.92 Å². The molecule has 2 N–H and O–H groups in total. The second kappa shape index (κ2) is 9.98. The monoisotopic (exact) mass is 411 g/mol. The van der Waals surface area contributed by atoms with Crippen LogP contribution in [0.1, 0.15) is 24.6 Å². The van der Waals surface area contributed by atoms with Crippen molar-refractivity contribution in [1.29, 1.82) is 0 Å². The van der Waals surface area contributed by atoms with Crippen molar-refractivity contribution in [2.45, 2.75) is 26.7 Å². The van der Waals surface area contributed by atoms with Crippen molar-refractivity contribution in [2.24, 2.45) is 0 Å². The summed E-state index contributed by atoms with van der Waals surface area (Å²) in [5.41, 5.74) is 6.56. The lowest BCUT2D eigenvalue weighted by Crippen LogP contribution is -2.07. The lowest BCUT2D eigenvalue weighted by atomic mass is 10.1. The summed E-state index contributed by atoms with van der Waals surface area (Å²) in [6.45, 7) is 5.74. The van der Waals surface area contributed by atoms with E-state index in [1.807, 2.05) is 43.3 Å². The van der Waals surface area contributed by atoms with E-state index in [0.717, 1.165) is 53.1 Å². The fraction of sp³-hybridized carbons (Fsp3) is 0.222. The molecule has 0 spiro atoms. The lowest BCUT2D eigenvalue weighted by molar-refractivity contribution is 0.315. The molecule has 0 aliphatic rings. The fourth-order valence-corrected chi connectivity index (χ4v) is 3.63. The van der Waals surface area contributed by atoms with Crippen molar-refractivity contribution >= 4 is 28.0 Å². The van der Waals surface area contributed by atoms with Gasteiger partial charge in [0.05, 0.1) is 12.1 Å². The predicted octanol–water partition coefficient (Wildman–Crippen LogP) is 6.73. The fourth-order valence-electron chi connectivity index (χ4n) is 3.63. The quantitative estimate of drug-likeness (QED) is 0.300. The maximum atomic E-state index is 5.99. The number of ether oxygens (including phenoxy) is 1. The van der Waals surface area contributed by atoms with Gasteiger partial charge in [-0.3, -0.25) is 4.98 Å². The Morgan fingerprint density at radius 1 is 0.871 bits per heavy atom. The Morgan fingerprint density at radius 3 is 2.61 bits per heavy atom. The van der Waals surface area contributed by atoms with Gasteiger partial charge in [-0.2, -0.15) is 0 Å². The zero-order valence-corrected chi connectivity index (χ0v) is 18.2. The van der Waals surface area contributed by atoms with Gasteiger partial charge in [0.1, 0.15) is 5.75 Å². The minimum Gasteiger partial charge on any atom is -0.493 e. The molecule has 1 heterocycles. The van der Waals surface area contributed by atoms with Crippen molar-refractivity contribution < 1.29 is 4.74 Å². The molecule has 4 aromatic rings. The molecule has 0 unspecified atom stereocenters. The number of nitrogens with zero attached hydrogens (tertiary/aromatic N) is 1. The van der Waals surface area contributed by atoms with Gasteiger partial charge >= 0.3 is 0 Å². The van der Waals surface area contributed by atoms with Crippen LogP contribution in [0.5, 0.6) is 5.75 Å². The number of anilines is 3. The number of hydrogen-bond donors (Lipinski definition) is 2. The van der Waals surface area contributed by atoms with E-state index in [1.165, 1.54) is 11.3 Å². The number of para-hydroxylation sites is 1. The first-order valence-electron chi connectivity index (χ1n) is 10.9. The third-order valence-electron chi connectivity index (χ3n) is 5.21. The highest BCUT2D eigenvalue weighted by atomic mass is 16.5. The van der Waals surface area contributed by atoms with E-state index in [2.05, 4.69) is 65.0 Å². The van der Waals surface area contributed by atoms with E-state index in [1.54, 1.807) is 0 Å². The zero-order valence-electron chi connectivity index (χ0n) is 18.2. The van der Waals surface area contributed by atoms with Gasteiger partial charge in [-0.15, -0.1) is 0 Å². The Labute approximate surface area is 184 Å². The molecule has 3 aromatic carbocycles. The molecular weight excluding hydrogens is 382 g/mol. The van der Waals surface area contributed by atoms with Gasteiger partial charge in [0.25, 0.3) is 0 Å². The Morgan fingerprint density at radius 2 is 1.71 bits per heavy atom. The smallest absolute Gasteiger partial charge is 0.121 e. The number of benzene rings is 3. The highest BCUT2D eigenvalue weighted by Gasteiger charge is 2.05. The first-order chi connectivity index (χ1) is 15.2. The summed E-state index contributed by atoms with van der Waals surface area (Å²) < 4.78 is 5.99. The Bertz CT molecular complexity index is 1160. The van der Waals surface area contributed by atoms with E-state index >= 15 is 0 Å². The average Bonchev–Trinajstić information content (AvgIpc) is 2.79. The van der Waals surface area contributed by atoms with Crippen molar-refractivity contribution in [3.05, 3.63) is 90.1 Å². The molecule has 0 saturated heterocycles. The first-order valence-corrected chi connectivity index (χ1v) is 10.9. The topological polar surface area (TPSA) is 46.2 Å². The molecule has 0 aliphatic carbocycles. The molecule has 0 aliphatic heterocycles. The van der Waals surface area contributed by atoms with Crippen LogP contribution in [0.2, 0.25) is 0 Å². The SMILES string of the molecule is CCc1cccc(NCCCOc2cccc(Nc3cc(C)nc4ccccc34)c2)c1. The van der Waals surface area contributed by atoms with E-state index in [-0.39, 0.29) is 0 Å². The normalized spacial score (nSPS) is 10.8. The number of nitrogens with one attached hydrogen (secondary N) is 2. The summed E-state index contributed by atoms with van der Waals surface area (Å²) in [5.74, 6) is 0.869. The molecule has 0 bridgehead atoms. The van der Waals surface area contributed by atoms with E-state index < -0.39 is 0 Å². The molecule has 4 rings (SSSR count). The van der Waals surface area contributed by atoms with Crippen LogP contribution in [0.25, 0.3) is 10.9 Å². The van der Waals surface area contributed by atoms with Crippen LogP contribution in [-0.2, 0) is 6.42 Å². The van der Waals surface area contributed by atoms with E-state index in [0.29, 0.717) is 6.61 Å². The van der Waals surface area contributed by atoms with Crippen LogP contribution in [-0.4, -0.2) is 18.1 Å². The Hall–Kier alpha value is -3.53. The summed E-state index contributed by atoms with van der Waals surface area (Å²) in [4.78, 5) is 4.61. The second-order valence-corrected chi connectivity index (χ2v) is 7.66. The maximum Gasteiger partial charge on any atom is 0.121 e. The molecule has 158 valence electrons. The van der Waals surface area contributed by atoms with Crippen molar-refractivity contribution in [3.8, 4) is 5.75 Å². The standard InChI is InChI=1S/C27H29N3O/c1-3-21-9-6-10-22(18-21)28-15-8-16-31-24-12-7-11-23(19-24)30-27-17-20(2)29-26-14-5-4-13-25(26)27/h4-7,9-14,17-19,28H,3,8,15-16H2,1-2H3,(H,29,30). The summed E-state index contributed by atoms with van der Waals surface area (Å²) >= 11 is 0. The van der Waals surface area contributed by atoms with Gasteiger partial charge in [0.2, 0.25) is 0 Å². The molecule has 31 heavy (non-hydrogen) atoms. The van der Waals surface area contributed by atoms with Crippen LogP contribution in [0.3, 0.4) is 0 Å². The average molecular weight is 412 g/mol. The van der Waals surface area contributed by atoms with Gasteiger partial charge in [0.15, 0.2) is 0 Å². The molecule has 0 amide bonds. The summed E-state index contributed by atoms with van der Waals surface area (Å²) in [7, 11) is 0. The number of pyridine rings is 1. The molecule has 4 heteroatoms. The summed E-state index contributed by atoms with van der Waals surface area (Å²) in [5, 5.41) is 8.11. The van der Waals surface area contributed by atoms with Crippen molar-refractivity contribution in [1.82, 2.24) is 4.98 Å². The zero-order chi connectivity index (χ0) is 21.5. The highest BCUT2D eigenvalue weighted by molar-refractivity contribution is 5.93. The molecular formula is C27H29N3O. The lowest BCUT2D eigenvalue weighted by Gasteiger charge is -2.13. The van der Waals surface area contributed by atoms with Gasteiger partial charge in [-0.05, 0) is 61.7 Å². The molecule has 0 atom stereocenters. The number of aryl methyl sites for hydroxylation is 2. The van der Waals surface area contributed by atoms with Gasteiger partial charge in [-0.25, -0.2) is 0 Å². The molecule has 0 fully saturated rings. The largest absolute Gasteiger partial charge is 0.493 e. The van der Waals surface area contributed by atoms with E-state index in [9.17, 15) is 0 Å². The van der Waals surface area contributed by atoms with E-state index in [4.69, 9.17) is 4.74 Å².